The number of amidine groups is 1. The van der Waals surface area contributed by atoms with Crippen molar-refractivity contribution in [3.63, 3.8) is 0 Å². The van der Waals surface area contributed by atoms with E-state index in [1.54, 1.807) is 24.4 Å². The minimum atomic E-state index is -4.49. The average Bonchev–Trinajstić information content (AvgIpc) is 3.42. The molecule has 7 nitrogen and oxygen atoms in total. The number of anilines is 1. The molecular formula is C29H32F3N5O2. The van der Waals surface area contributed by atoms with E-state index >= 15 is 0 Å². The monoisotopic (exact) mass is 539 g/mol. The van der Waals surface area contributed by atoms with Crippen molar-refractivity contribution < 1.29 is 22.7 Å². The maximum absolute atomic E-state index is 13.5. The Balaban J connectivity index is 1.36. The van der Waals surface area contributed by atoms with Crippen LogP contribution in [0.3, 0.4) is 0 Å². The Bertz CT molecular complexity index is 1320. The summed E-state index contributed by atoms with van der Waals surface area (Å²) in [5, 5.41) is 5.83. The molecule has 1 aliphatic rings. The summed E-state index contributed by atoms with van der Waals surface area (Å²) < 4.78 is 46.4. The first-order valence-electron chi connectivity index (χ1n) is 12.8. The van der Waals surface area contributed by atoms with Crippen molar-refractivity contribution in [2.24, 2.45) is 4.99 Å². The molecule has 0 atom stereocenters. The molecule has 206 valence electrons. The number of hydrogen-bond acceptors (Lipinski definition) is 6. The van der Waals surface area contributed by atoms with Crippen LogP contribution in [0.1, 0.15) is 35.2 Å². The fourth-order valence-corrected chi connectivity index (χ4v) is 4.23. The van der Waals surface area contributed by atoms with E-state index in [1.807, 2.05) is 43.3 Å². The lowest BCUT2D eigenvalue weighted by molar-refractivity contribution is -0.137. The Kier molecular flexibility index (Phi) is 9.19. The third kappa shape index (κ3) is 8.54. The molecule has 0 radical (unpaired) electrons. The van der Waals surface area contributed by atoms with Gasteiger partial charge in [0, 0.05) is 30.9 Å². The molecule has 0 bridgehead atoms. The van der Waals surface area contributed by atoms with Crippen LogP contribution in [0.15, 0.2) is 65.8 Å². The zero-order chi connectivity index (χ0) is 27.8. The van der Waals surface area contributed by atoms with Crippen molar-refractivity contribution in [2.75, 3.05) is 39.0 Å². The molecule has 39 heavy (non-hydrogen) atoms. The second kappa shape index (κ2) is 12.8. The molecule has 0 spiro atoms. The molecule has 1 amide bonds. The Hall–Kier alpha value is -3.92. The number of alkyl halides is 3. The summed E-state index contributed by atoms with van der Waals surface area (Å²) in [6.45, 7) is 2.25. The van der Waals surface area contributed by atoms with Gasteiger partial charge in [-0.15, -0.1) is 0 Å². The summed E-state index contributed by atoms with van der Waals surface area (Å²) in [5.41, 5.74) is 1.50. The average molecular weight is 540 g/mol. The van der Waals surface area contributed by atoms with Crippen LogP contribution in [-0.2, 0) is 23.8 Å². The first-order chi connectivity index (χ1) is 18.7. The van der Waals surface area contributed by atoms with Crippen LogP contribution >= 0.6 is 0 Å². The highest BCUT2D eigenvalue weighted by Gasteiger charge is 2.31. The van der Waals surface area contributed by atoms with Crippen LogP contribution in [-0.4, -0.2) is 55.4 Å². The Morgan fingerprint density at radius 3 is 2.62 bits per heavy atom. The molecule has 0 aliphatic carbocycles. The predicted molar refractivity (Wildman–Crippen MR) is 145 cm³/mol. The van der Waals surface area contributed by atoms with Gasteiger partial charge in [-0.25, -0.2) is 0 Å². The zero-order valence-electron chi connectivity index (χ0n) is 22.0. The van der Waals surface area contributed by atoms with E-state index in [0.29, 0.717) is 48.6 Å². The van der Waals surface area contributed by atoms with Crippen molar-refractivity contribution in [1.82, 2.24) is 15.2 Å². The number of ether oxygens (including phenoxy) is 1. The highest BCUT2D eigenvalue weighted by molar-refractivity contribution is 5.98. The minimum absolute atomic E-state index is 0.112. The van der Waals surface area contributed by atoms with Gasteiger partial charge in [-0.2, -0.15) is 13.2 Å². The largest absolute Gasteiger partial charge is 0.457 e. The Labute approximate surface area is 226 Å². The van der Waals surface area contributed by atoms with E-state index in [-0.39, 0.29) is 18.0 Å². The molecule has 2 heterocycles. The maximum atomic E-state index is 13.5. The second-order valence-corrected chi connectivity index (χ2v) is 9.65. The Morgan fingerprint density at radius 1 is 1.05 bits per heavy atom. The molecule has 0 unspecified atom stereocenters. The van der Waals surface area contributed by atoms with Crippen molar-refractivity contribution >= 4 is 17.4 Å². The lowest BCUT2D eigenvalue weighted by Gasteiger charge is -2.14. The van der Waals surface area contributed by atoms with Gasteiger partial charge in [0.05, 0.1) is 12.1 Å². The standard InChI is InChI=1S/C29H32F3N5O2/c1-37(2)14-4-6-21-15-22(29(30,31)32)18-23(16-21)36-27(38)9-8-20-5-3-7-24(17-20)39-25-10-11-33-26(19-25)28-34-12-13-35-28/h3,5,7,10-11,15-19H,4,6,8-9,12-14H2,1-2H3,(H,34,35)(H,36,38). The van der Waals surface area contributed by atoms with Crippen LogP contribution in [0.25, 0.3) is 0 Å². The summed E-state index contributed by atoms with van der Waals surface area (Å²) in [4.78, 5) is 23.3. The third-order valence-electron chi connectivity index (χ3n) is 6.10. The van der Waals surface area contributed by atoms with Crippen LogP contribution in [0.5, 0.6) is 11.5 Å². The van der Waals surface area contributed by atoms with E-state index in [9.17, 15) is 18.0 Å². The van der Waals surface area contributed by atoms with Gasteiger partial charge >= 0.3 is 6.18 Å². The highest BCUT2D eigenvalue weighted by atomic mass is 19.4. The molecular weight excluding hydrogens is 507 g/mol. The van der Waals surface area contributed by atoms with Gasteiger partial charge < -0.3 is 20.3 Å². The number of aliphatic imine (C=N–C) groups is 1. The molecule has 0 saturated heterocycles. The van der Waals surface area contributed by atoms with E-state index in [2.05, 4.69) is 20.6 Å². The van der Waals surface area contributed by atoms with Gasteiger partial charge in [0.2, 0.25) is 5.91 Å². The van der Waals surface area contributed by atoms with Crippen LogP contribution in [0.4, 0.5) is 18.9 Å². The van der Waals surface area contributed by atoms with Crippen LogP contribution < -0.4 is 15.4 Å². The van der Waals surface area contributed by atoms with Gasteiger partial charge in [-0.3, -0.25) is 14.8 Å². The predicted octanol–water partition coefficient (Wildman–Crippen LogP) is 5.31. The molecule has 2 N–H and O–H groups in total. The lowest BCUT2D eigenvalue weighted by Crippen LogP contribution is -2.20. The number of benzene rings is 2. The number of carbonyl (C=O) groups is 1. The second-order valence-electron chi connectivity index (χ2n) is 9.65. The molecule has 1 aliphatic heterocycles. The number of amides is 1. The minimum Gasteiger partial charge on any atom is -0.457 e. The number of nitrogens with zero attached hydrogens (tertiary/aromatic N) is 3. The van der Waals surface area contributed by atoms with E-state index in [1.165, 1.54) is 0 Å². The number of rotatable bonds is 11. The lowest BCUT2D eigenvalue weighted by atomic mass is 10.0. The fourth-order valence-electron chi connectivity index (χ4n) is 4.23. The van der Waals surface area contributed by atoms with Crippen molar-refractivity contribution in [3.8, 4) is 11.5 Å². The SMILES string of the molecule is CN(C)CCCc1cc(NC(=O)CCc2cccc(Oc3ccnc(C4=NCCN4)c3)c2)cc(C(F)(F)F)c1. The molecule has 0 fully saturated rings. The number of halogens is 3. The van der Waals surface area contributed by atoms with E-state index < -0.39 is 11.7 Å². The number of pyridine rings is 1. The van der Waals surface area contributed by atoms with Crippen LogP contribution in [0.2, 0.25) is 0 Å². The number of aromatic nitrogens is 1. The quantitative estimate of drug-likeness (QED) is 0.346. The first-order valence-corrected chi connectivity index (χ1v) is 12.8. The number of carbonyl (C=O) groups excluding carboxylic acids is 1. The normalized spacial score (nSPS) is 13.2. The van der Waals surface area contributed by atoms with Crippen molar-refractivity contribution in [3.05, 3.63) is 83.2 Å². The molecule has 3 aromatic rings. The molecule has 10 heteroatoms. The summed E-state index contributed by atoms with van der Waals surface area (Å²) in [6.07, 6.45) is -1.12. The molecule has 4 rings (SSSR count). The van der Waals surface area contributed by atoms with Gasteiger partial charge in [0.25, 0.3) is 0 Å². The third-order valence-corrected chi connectivity index (χ3v) is 6.10. The smallest absolute Gasteiger partial charge is 0.416 e. The first kappa shape index (κ1) is 28.1. The zero-order valence-corrected chi connectivity index (χ0v) is 22.0. The molecule has 2 aromatic carbocycles. The topological polar surface area (TPSA) is 78.9 Å². The van der Waals surface area contributed by atoms with Crippen LogP contribution in [0, 0.1) is 0 Å². The van der Waals surface area contributed by atoms with Gasteiger partial charge in [0.15, 0.2) is 0 Å². The van der Waals surface area contributed by atoms with Gasteiger partial charge in [0.1, 0.15) is 23.0 Å². The van der Waals surface area contributed by atoms with E-state index in [0.717, 1.165) is 36.6 Å². The van der Waals surface area contributed by atoms with Gasteiger partial charge in [-0.1, -0.05) is 12.1 Å². The summed E-state index contributed by atoms with van der Waals surface area (Å²) >= 11 is 0. The van der Waals surface area contributed by atoms with Gasteiger partial charge in [-0.05, 0) is 87.4 Å². The summed E-state index contributed by atoms with van der Waals surface area (Å²) in [7, 11) is 3.83. The summed E-state index contributed by atoms with van der Waals surface area (Å²) in [6, 6.07) is 14.7. The van der Waals surface area contributed by atoms with E-state index in [4.69, 9.17) is 4.74 Å². The maximum Gasteiger partial charge on any atom is 0.416 e. The summed E-state index contributed by atoms with van der Waals surface area (Å²) in [5.74, 6) is 1.59. The Morgan fingerprint density at radius 2 is 1.87 bits per heavy atom. The number of aryl methyl sites for hydroxylation is 2. The fraction of sp³-hybridized carbons (Fsp3) is 0.345. The number of hydrogen-bond donors (Lipinski definition) is 2. The highest BCUT2D eigenvalue weighted by Crippen LogP contribution is 2.32. The number of nitrogens with one attached hydrogen (secondary N) is 2. The molecule has 0 saturated carbocycles. The van der Waals surface area contributed by atoms with Crippen molar-refractivity contribution in [2.45, 2.75) is 31.9 Å². The van der Waals surface area contributed by atoms with Crippen molar-refractivity contribution in [1.29, 1.82) is 0 Å². The molecule has 1 aromatic heterocycles.